The molecule has 0 heterocycles. The van der Waals surface area contributed by atoms with Crippen LogP contribution in [0.25, 0.3) is 0 Å². The van der Waals surface area contributed by atoms with Crippen LogP contribution in [-0.4, -0.2) is 37.8 Å². The Labute approximate surface area is 105 Å². The number of likely N-dealkylation sites (N-methyl/N-ethyl adjacent to an activating group) is 1. The van der Waals surface area contributed by atoms with Crippen molar-refractivity contribution >= 4 is 23.8 Å². The standard InChI is InChI=1S/C12H14ClNO3/c1-14(12(16)8-15)6-5-9-3-4-10(17-2)7-11(9)13/h3-4,7-8H,5-6H2,1-2H3. The van der Waals surface area contributed by atoms with Gasteiger partial charge in [0.2, 0.25) is 6.29 Å². The van der Waals surface area contributed by atoms with Gasteiger partial charge in [-0.1, -0.05) is 17.7 Å². The Kier molecular flexibility index (Phi) is 4.97. The van der Waals surface area contributed by atoms with Crippen molar-refractivity contribution in [1.82, 2.24) is 4.90 Å². The molecule has 0 atom stereocenters. The van der Waals surface area contributed by atoms with Crippen molar-refractivity contribution < 1.29 is 14.3 Å². The van der Waals surface area contributed by atoms with Crippen molar-refractivity contribution in [2.45, 2.75) is 6.42 Å². The molecular formula is C12H14ClNO3. The molecule has 0 unspecified atom stereocenters. The highest BCUT2D eigenvalue weighted by Gasteiger charge is 2.08. The molecule has 0 aliphatic heterocycles. The van der Waals surface area contributed by atoms with Crippen LogP contribution < -0.4 is 4.74 Å². The number of aldehydes is 1. The van der Waals surface area contributed by atoms with Crippen molar-refractivity contribution in [3.05, 3.63) is 28.8 Å². The summed E-state index contributed by atoms with van der Waals surface area (Å²) in [5.41, 5.74) is 0.915. The van der Waals surface area contributed by atoms with Crippen molar-refractivity contribution in [1.29, 1.82) is 0 Å². The molecule has 0 aliphatic rings. The Bertz CT molecular complexity index is 420. The monoisotopic (exact) mass is 255 g/mol. The molecule has 0 saturated carbocycles. The van der Waals surface area contributed by atoms with Gasteiger partial charge in [-0.25, -0.2) is 0 Å². The van der Waals surface area contributed by atoms with E-state index in [1.165, 1.54) is 4.90 Å². The Hall–Kier alpha value is -1.55. The number of methoxy groups -OCH3 is 1. The Morgan fingerprint density at radius 1 is 1.53 bits per heavy atom. The lowest BCUT2D eigenvalue weighted by Gasteiger charge is -2.14. The van der Waals surface area contributed by atoms with Crippen LogP contribution in [0.5, 0.6) is 5.75 Å². The summed E-state index contributed by atoms with van der Waals surface area (Å²) in [6.45, 7) is 0.448. The van der Waals surface area contributed by atoms with Crippen LogP contribution in [0.4, 0.5) is 0 Å². The predicted molar refractivity (Wildman–Crippen MR) is 65.4 cm³/mol. The predicted octanol–water partition coefficient (Wildman–Crippen LogP) is 1.55. The van der Waals surface area contributed by atoms with Gasteiger partial charge in [0.1, 0.15) is 5.75 Å². The van der Waals surface area contributed by atoms with Crippen molar-refractivity contribution in [2.24, 2.45) is 0 Å². The molecule has 5 heteroatoms. The molecule has 17 heavy (non-hydrogen) atoms. The second-order valence-corrected chi connectivity index (χ2v) is 3.99. The average molecular weight is 256 g/mol. The van der Waals surface area contributed by atoms with E-state index in [4.69, 9.17) is 16.3 Å². The highest BCUT2D eigenvalue weighted by molar-refractivity contribution is 6.31. The third-order valence-corrected chi connectivity index (χ3v) is 2.81. The maximum absolute atomic E-state index is 11.0. The van der Waals surface area contributed by atoms with Gasteiger partial charge in [-0.15, -0.1) is 0 Å². The molecule has 0 saturated heterocycles. The fourth-order valence-electron chi connectivity index (χ4n) is 1.35. The zero-order valence-corrected chi connectivity index (χ0v) is 10.5. The van der Waals surface area contributed by atoms with Gasteiger partial charge in [0.25, 0.3) is 5.91 Å². The number of ether oxygens (including phenoxy) is 1. The van der Waals surface area contributed by atoms with Gasteiger partial charge in [-0.3, -0.25) is 9.59 Å². The van der Waals surface area contributed by atoms with Crippen LogP contribution >= 0.6 is 11.6 Å². The molecule has 1 aromatic rings. The fourth-order valence-corrected chi connectivity index (χ4v) is 1.61. The fraction of sp³-hybridized carbons (Fsp3) is 0.333. The molecule has 0 radical (unpaired) electrons. The van der Waals surface area contributed by atoms with Gasteiger partial charge in [-0.2, -0.15) is 0 Å². The molecule has 0 spiro atoms. The lowest BCUT2D eigenvalue weighted by atomic mass is 10.1. The first-order valence-electron chi connectivity index (χ1n) is 5.11. The number of carbonyl (C=O) groups is 2. The molecule has 0 aliphatic carbocycles. The molecule has 1 aromatic carbocycles. The number of halogens is 1. The molecular weight excluding hydrogens is 242 g/mol. The first-order chi connectivity index (χ1) is 8.08. The number of carbonyl (C=O) groups excluding carboxylic acids is 2. The van der Waals surface area contributed by atoms with E-state index in [1.807, 2.05) is 12.1 Å². The maximum atomic E-state index is 11.0. The summed E-state index contributed by atoms with van der Waals surface area (Å²) in [4.78, 5) is 22.7. The minimum absolute atomic E-state index is 0.301. The van der Waals surface area contributed by atoms with Gasteiger partial charge in [0.15, 0.2) is 0 Å². The summed E-state index contributed by atoms with van der Waals surface area (Å²) in [7, 11) is 3.15. The second-order valence-electron chi connectivity index (χ2n) is 3.58. The SMILES string of the molecule is COc1ccc(CCN(C)C(=O)C=O)c(Cl)c1. The number of nitrogens with zero attached hydrogens (tertiary/aromatic N) is 1. The van der Waals surface area contributed by atoms with Crippen LogP contribution in [0, 0.1) is 0 Å². The van der Waals surface area contributed by atoms with E-state index in [9.17, 15) is 9.59 Å². The summed E-state index contributed by atoms with van der Waals surface area (Å²) < 4.78 is 5.04. The Morgan fingerprint density at radius 3 is 2.76 bits per heavy atom. The van der Waals surface area contributed by atoms with Crippen molar-refractivity contribution in [3.8, 4) is 5.75 Å². The zero-order chi connectivity index (χ0) is 12.8. The van der Waals surface area contributed by atoms with E-state index in [0.717, 1.165) is 5.56 Å². The molecule has 4 nitrogen and oxygen atoms in total. The number of rotatable bonds is 5. The molecule has 0 fully saturated rings. The smallest absolute Gasteiger partial charge is 0.286 e. The minimum Gasteiger partial charge on any atom is -0.497 e. The lowest BCUT2D eigenvalue weighted by molar-refractivity contribution is -0.137. The molecule has 0 aromatic heterocycles. The number of hydrogen-bond acceptors (Lipinski definition) is 3. The van der Waals surface area contributed by atoms with Crippen LogP contribution in [0.3, 0.4) is 0 Å². The van der Waals surface area contributed by atoms with E-state index in [-0.39, 0.29) is 0 Å². The maximum Gasteiger partial charge on any atom is 0.286 e. The number of benzene rings is 1. The van der Waals surface area contributed by atoms with Gasteiger partial charge >= 0.3 is 0 Å². The highest BCUT2D eigenvalue weighted by atomic mass is 35.5. The van der Waals surface area contributed by atoms with Gasteiger partial charge < -0.3 is 9.64 Å². The Morgan fingerprint density at radius 2 is 2.24 bits per heavy atom. The van der Waals surface area contributed by atoms with E-state index in [1.54, 1.807) is 20.2 Å². The normalized spacial score (nSPS) is 9.82. The lowest BCUT2D eigenvalue weighted by Crippen LogP contribution is -2.29. The summed E-state index contributed by atoms with van der Waals surface area (Å²) in [6.07, 6.45) is 0.897. The number of hydrogen-bond donors (Lipinski definition) is 0. The van der Waals surface area contributed by atoms with E-state index in [0.29, 0.717) is 30.0 Å². The molecule has 92 valence electrons. The summed E-state index contributed by atoms with van der Waals surface area (Å²) in [6, 6.07) is 5.38. The topological polar surface area (TPSA) is 46.6 Å². The molecule has 0 bridgehead atoms. The largest absolute Gasteiger partial charge is 0.497 e. The van der Waals surface area contributed by atoms with E-state index >= 15 is 0 Å². The molecule has 1 amide bonds. The van der Waals surface area contributed by atoms with Crippen molar-refractivity contribution in [2.75, 3.05) is 20.7 Å². The number of amides is 1. The van der Waals surface area contributed by atoms with Crippen LogP contribution in [-0.2, 0) is 16.0 Å². The highest BCUT2D eigenvalue weighted by Crippen LogP contribution is 2.22. The average Bonchev–Trinajstić information content (AvgIpc) is 2.35. The van der Waals surface area contributed by atoms with E-state index < -0.39 is 5.91 Å². The van der Waals surface area contributed by atoms with Crippen LogP contribution in [0.1, 0.15) is 5.56 Å². The third-order valence-electron chi connectivity index (χ3n) is 2.45. The summed E-state index contributed by atoms with van der Waals surface area (Å²) in [5, 5.41) is 0.594. The molecule has 1 rings (SSSR count). The van der Waals surface area contributed by atoms with Crippen LogP contribution in [0.2, 0.25) is 5.02 Å². The van der Waals surface area contributed by atoms with Gasteiger partial charge in [-0.05, 0) is 24.1 Å². The zero-order valence-electron chi connectivity index (χ0n) is 9.77. The van der Waals surface area contributed by atoms with Gasteiger partial charge in [0.05, 0.1) is 7.11 Å². The van der Waals surface area contributed by atoms with E-state index in [2.05, 4.69) is 0 Å². The van der Waals surface area contributed by atoms with Gasteiger partial charge in [0, 0.05) is 18.6 Å². The molecule has 0 N–H and O–H groups in total. The van der Waals surface area contributed by atoms with Crippen LogP contribution in [0.15, 0.2) is 18.2 Å². The Balaban J connectivity index is 2.63. The second kappa shape index (κ2) is 6.25. The van der Waals surface area contributed by atoms with Crippen molar-refractivity contribution in [3.63, 3.8) is 0 Å². The first kappa shape index (κ1) is 13.5. The summed E-state index contributed by atoms with van der Waals surface area (Å²) >= 11 is 6.05. The third kappa shape index (κ3) is 3.75. The first-order valence-corrected chi connectivity index (χ1v) is 5.49. The quantitative estimate of drug-likeness (QED) is 0.592. The minimum atomic E-state index is -0.533. The summed E-state index contributed by atoms with van der Waals surface area (Å²) in [5.74, 6) is 0.158.